The molecular weight excluding hydrogens is 494 g/mol. The van der Waals surface area contributed by atoms with Crippen LogP contribution in [0, 0.1) is 0 Å². The van der Waals surface area contributed by atoms with Crippen molar-refractivity contribution in [1.29, 1.82) is 0 Å². The Kier molecular flexibility index (Phi) is 7.00. The van der Waals surface area contributed by atoms with Crippen LogP contribution < -0.4 is 10.2 Å². The molecule has 3 aliphatic heterocycles. The van der Waals surface area contributed by atoms with E-state index in [0.717, 1.165) is 26.2 Å². The van der Waals surface area contributed by atoms with Crippen molar-refractivity contribution in [3.63, 3.8) is 0 Å². The van der Waals surface area contributed by atoms with Crippen LogP contribution in [0.5, 0.6) is 0 Å². The molecule has 10 heteroatoms. The molecule has 0 aliphatic carbocycles. The van der Waals surface area contributed by atoms with Gasteiger partial charge < -0.3 is 14.7 Å². The summed E-state index contributed by atoms with van der Waals surface area (Å²) in [4.78, 5) is 54.9. The Balaban J connectivity index is 1.23. The van der Waals surface area contributed by atoms with Crippen LogP contribution in [0.2, 0.25) is 0 Å². The molecule has 1 atom stereocenters. The Morgan fingerprint density at radius 1 is 1.05 bits per heavy atom. The van der Waals surface area contributed by atoms with Gasteiger partial charge in [-0.2, -0.15) is 8.78 Å². The zero-order valence-electron chi connectivity index (χ0n) is 21.2. The Morgan fingerprint density at radius 3 is 2.55 bits per heavy atom. The van der Waals surface area contributed by atoms with Gasteiger partial charge in [0.05, 0.1) is 0 Å². The quantitative estimate of drug-likeness (QED) is 0.560. The van der Waals surface area contributed by atoms with E-state index in [-0.39, 0.29) is 49.6 Å². The summed E-state index contributed by atoms with van der Waals surface area (Å²) in [5.74, 6) is -5.92. The van der Waals surface area contributed by atoms with Crippen LogP contribution in [0.25, 0.3) is 0 Å². The Bertz CT molecular complexity index is 1290. The van der Waals surface area contributed by atoms with Crippen molar-refractivity contribution in [2.24, 2.45) is 0 Å². The molecule has 38 heavy (non-hydrogen) atoms. The largest absolute Gasteiger partial charge is 0.369 e. The molecule has 1 unspecified atom stereocenters. The highest BCUT2D eigenvalue weighted by atomic mass is 19.3. The number of hydrogen-bond acceptors (Lipinski definition) is 6. The molecule has 5 rings (SSSR count). The number of likely N-dealkylation sites (N-methyl/N-ethyl adjacent to an activating group) is 1. The monoisotopic (exact) mass is 524 g/mol. The average Bonchev–Trinajstić information content (AvgIpc) is 3.23. The summed E-state index contributed by atoms with van der Waals surface area (Å²) in [5.41, 5.74) is 2.16. The van der Waals surface area contributed by atoms with Crippen LogP contribution in [0.4, 0.5) is 14.5 Å². The second kappa shape index (κ2) is 10.2. The molecule has 0 spiro atoms. The first-order valence-corrected chi connectivity index (χ1v) is 12.8. The Labute approximate surface area is 219 Å². The van der Waals surface area contributed by atoms with Crippen LogP contribution in [-0.4, -0.2) is 72.6 Å². The average molecular weight is 525 g/mol. The van der Waals surface area contributed by atoms with E-state index < -0.39 is 23.7 Å². The molecule has 1 N–H and O–H groups in total. The standard InChI is InChI=1S/C28H30F2N4O4/c1-32-11-13-33(14-12-32)21-4-2-3-20(16-21)28(29,30)24(35)9-6-18-5-7-22-19(15-18)17-34(27(22)38)23-8-10-25(36)31-26(23)37/h2-5,7,15-16,23H,6,8-14,17H2,1H3,(H,31,36,37). The highest BCUT2D eigenvalue weighted by molar-refractivity contribution is 6.05. The van der Waals surface area contributed by atoms with Crippen LogP contribution in [0.1, 0.15) is 46.3 Å². The molecule has 0 bridgehead atoms. The number of halogens is 2. The third-order valence-corrected chi connectivity index (χ3v) is 7.66. The summed E-state index contributed by atoms with van der Waals surface area (Å²) < 4.78 is 30.3. The van der Waals surface area contributed by atoms with E-state index in [9.17, 15) is 19.2 Å². The van der Waals surface area contributed by atoms with Crippen LogP contribution >= 0.6 is 0 Å². The second-order valence-electron chi connectivity index (χ2n) is 10.2. The predicted molar refractivity (Wildman–Crippen MR) is 136 cm³/mol. The van der Waals surface area contributed by atoms with E-state index in [0.29, 0.717) is 22.4 Å². The van der Waals surface area contributed by atoms with Gasteiger partial charge in [-0.25, -0.2) is 0 Å². The van der Waals surface area contributed by atoms with Gasteiger partial charge in [0.15, 0.2) is 0 Å². The van der Waals surface area contributed by atoms with Gasteiger partial charge in [0, 0.05) is 62.4 Å². The number of alkyl halides is 2. The van der Waals surface area contributed by atoms with E-state index >= 15 is 8.78 Å². The molecule has 2 aromatic rings. The number of rotatable bonds is 7. The van der Waals surface area contributed by atoms with Gasteiger partial charge in [-0.3, -0.25) is 24.5 Å². The number of Topliss-reactive ketones (excluding diaryl/α,β-unsaturated/α-hetero) is 1. The molecule has 8 nitrogen and oxygen atoms in total. The van der Waals surface area contributed by atoms with Gasteiger partial charge in [-0.15, -0.1) is 0 Å². The third-order valence-electron chi connectivity index (χ3n) is 7.66. The minimum atomic E-state index is -3.61. The lowest BCUT2D eigenvalue weighted by Gasteiger charge is -2.34. The molecule has 200 valence electrons. The first kappa shape index (κ1) is 26.0. The molecule has 2 saturated heterocycles. The van der Waals surface area contributed by atoms with Gasteiger partial charge in [0.2, 0.25) is 17.6 Å². The number of nitrogens with one attached hydrogen (secondary N) is 1. The summed E-state index contributed by atoms with van der Waals surface area (Å²) in [6, 6.07) is 10.3. The third kappa shape index (κ3) is 5.05. The predicted octanol–water partition coefficient (Wildman–Crippen LogP) is 2.49. The second-order valence-corrected chi connectivity index (χ2v) is 10.2. The fourth-order valence-corrected chi connectivity index (χ4v) is 5.32. The molecule has 0 radical (unpaired) electrons. The van der Waals surface area contributed by atoms with Gasteiger partial charge in [0.25, 0.3) is 5.91 Å². The first-order valence-electron chi connectivity index (χ1n) is 12.8. The lowest BCUT2D eigenvalue weighted by atomic mass is 9.97. The number of fused-ring (bicyclic) bond motifs is 1. The molecule has 0 aromatic heterocycles. The molecule has 2 fully saturated rings. The highest BCUT2D eigenvalue weighted by Gasteiger charge is 2.41. The number of nitrogens with zero attached hydrogens (tertiary/aromatic N) is 3. The molecule has 3 aliphatic rings. The van der Waals surface area contributed by atoms with Gasteiger partial charge >= 0.3 is 5.92 Å². The number of aryl methyl sites for hydroxylation is 1. The maximum absolute atomic E-state index is 15.2. The number of anilines is 1. The van der Waals surface area contributed by atoms with E-state index in [4.69, 9.17) is 0 Å². The van der Waals surface area contributed by atoms with E-state index in [2.05, 4.69) is 10.2 Å². The van der Waals surface area contributed by atoms with Gasteiger partial charge in [-0.05, 0) is 49.2 Å². The Morgan fingerprint density at radius 2 is 1.82 bits per heavy atom. The lowest BCUT2D eigenvalue weighted by molar-refractivity contribution is -0.144. The molecular formula is C28H30F2N4O4. The summed E-state index contributed by atoms with van der Waals surface area (Å²) in [6.45, 7) is 3.36. The van der Waals surface area contributed by atoms with Crippen molar-refractivity contribution in [3.8, 4) is 0 Å². The normalized spacial score (nSPS) is 20.5. The number of piperidine rings is 1. The number of imide groups is 1. The number of hydrogen-bond donors (Lipinski definition) is 1. The molecule has 3 amide bonds. The number of benzene rings is 2. The number of carbonyl (C=O) groups is 4. The van der Waals surface area contributed by atoms with Crippen molar-refractivity contribution < 1.29 is 28.0 Å². The van der Waals surface area contributed by atoms with Crippen molar-refractivity contribution in [3.05, 3.63) is 64.7 Å². The van der Waals surface area contributed by atoms with E-state index in [1.165, 1.54) is 17.0 Å². The number of carbonyl (C=O) groups excluding carboxylic acids is 4. The smallest absolute Gasteiger partial charge is 0.330 e. The topological polar surface area (TPSA) is 90.0 Å². The zero-order chi connectivity index (χ0) is 27.0. The minimum absolute atomic E-state index is 0.104. The van der Waals surface area contributed by atoms with Crippen LogP contribution in [0.15, 0.2) is 42.5 Å². The van der Waals surface area contributed by atoms with Gasteiger partial charge in [-0.1, -0.05) is 24.3 Å². The molecule has 0 saturated carbocycles. The van der Waals surface area contributed by atoms with Crippen molar-refractivity contribution >= 4 is 29.2 Å². The minimum Gasteiger partial charge on any atom is -0.369 e. The van der Waals surface area contributed by atoms with Crippen molar-refractivity contribution in [2.75, 3.05) is 38.1 Å². The molecule has 2 aromatic carbocycles. The van der Waals surface area contributed by atoms with Crippen molar-refractivity contribution in [1.82, 2.24) is 15.1 Å². The highest BCUT2D eigenvalue weighted by Crippen LogP contribution is 2.34. The summed E-state index contributed by atoms with van der Waals surface area (Å²) in [6.07, 6.45) is 0.176. The SMILES string of the molecule is CN1CCN(c2cccc(C(F)(F)C(=O)CCc3ccc4c(c3)CN(C3CCC(=O)NC3=O)C4=O)c2)CC1. The zero-order valence-corrected chi connectivity index (χ0v) is 21.2. The van der Waals surface area contributed by atoms with Crippen molar-refractivity contribution in [2.45, 2.75) is 44.2 Å². The fourth-order valence-electron chi connectivity index (χ4n) is 5.32. The summed E-state index contributed by atoms with van der Waals surface area (Å²) >= 11 is 0. The Hall–Kier alpha value is -3.66. The fraction of sp³-hybridized carbons (Fsp3) is 0.429. The number of amides is 3. The maximum atomic E-state index is 15.2. The van der Waals surface area contributed by atoms with Crippen LogP contribution in [0.3, 0.4) is 0 Å². The van der Waals surface area contributed by atoms with E-state index in [1.807, 2.05) is 11.9 Å². The number of ketones is 1. The molecule has 3 heterocycles. The lowest BCUT2D eigenvalue weighted by Crippen LogP contribution is -2.52. The van der Waals surface area contributed by atoms with Crippen LogP contribution in [-0.2, 0) is 33.3 Å². The first-order chi connectivity index (χ1) is 18.1. The summed E-state index contributed by atoms with van der Waals surface area (Å²) in [5, 5.41) is 2.26. The van der Waals surface area contributed by atoms with Gasteiger partial charge in [0.1, 0.15) is 6.04 Å². The summed E-state index contributed by atoms with van der Waals surface area (Å²) in [7, 11) is 2.02. The maximum Gasteiger partial charge on any atom is 0.330 e. The van der Waals surface area contributed by atoms with E-state index in [1.54, 1.807) is 30.3 Å². The number of piperazine rings is 1.